The van der Waals surface area contributed by atoms with E-state index in [2.05, 4.69) is 4.90 Å². The molecule has 116 valence electrons. The molecule has 4 rings (SSSR count). The van der Waals surface area contributed by atoms with E-state index in [1.165, 1.54) is 0 Å². The summed E-state index contributed by atoms with van der Waals surface area (Å²) in [6, 6.07) is 0. The molecule has 2 spiro atoms. The molecule has 2 heterocycles. The van der Waals surface area contributed by atoms with Crippen LogP contribution in [0.15, 0.2) is 0 Å². The fraction of sp³-hybridized carbons (Fsp3) is 0.882. The third-order valence-corrected chi connectivity index (χ3v) is 7.04. The summed E-state index contributed by atoms with van der Waals surface area (Å²) in [5.41, 5.74) is -1.03. The van der Waals surface area contributed by atoms with Crippen LogP contribution in [0.3, 0.4) is 0 Å². The Morgan fingerprint density at radius 2 is 1.81 bits per heavy atom. The zero-order valence-electron chi connectivity index (χ0n) is 12.8. The summed E-state index contributed by atoms with van der Waals surface area (Å²) < 4.78 is 0. The Hall–Kier alpha value is -0.740. The van der Waals surface area contributed by atoms with E-state index in [0.717, 1.165) is 45.3 Å². The van der Waals surface area contributed by atoms with Crippen molar-refractivity contribution in [3.8, 4) is 0 Å². The number of Topliss-reactive ketones (excluding diaryl/α,β-unsaturated/α-hetero) is 2. The Morgan fingerprint density at radius 3 is 2.57 bits per heavy atom. The van der Waals surface area contributed by atoms with Crippen LogP contribution in [0.2, 0.25) is 0 Å². The van der Waals surface area contributed by atoms with Crippen molar-refractivity contribution in [3.63, 3.8) is 0 Å². The number of hydrogen-bond donors (Lipinski definition) is 1. The zero-order valence-corrected chi connectivity index (χ0v) is 12.8. The zero-order chi connectivity index (χ0) is 14.8. The molecular weight excluding hydrogens is 266 g/mol. The molecule has 4 nitrogen and oxygen atoms in total. The molecule has 21 heavy (non-hydrogen) atoms. The van der Waals surface area contributed by atoms with Crippen LogP contribution in [0.5, 0.6) is 0 Å². The first kappa shape index (κ1) is 13.9. The number of piperidine rings is 1. The predicted molar refractivity (Wildman–Crippen MR) is 77.7 cm³/mol. The summed E-state index contributed by atoms with van der Waals surface area (Å²) in [5.74, 6) is 0.416. The Labute approximate surface area is 125 Å². The highest BCUT2D eigenvalue weighted by Crippen LogP contribution is 2.65. The van der Waals surface area contributed by atoms with Crippen LogP contribution >= 0.6 is 0 Å². The number of hydrogen-bond acceptors (Lipinski definition) is 4. The second-order valence-electron chi connectivity index (χ2n) is 7.87. The molecule has 2 aliphatic heterocycles. The average Bonchev–Trinajstić information content (AvgIpc) is 2.61. The highest BCUT2D eigenvalue weighted by molar-refractivity contribution is 6.00. The molecule has 1 N–H and O–H groups in total. The molecule has 4 heteroatoms. The van der Waals surface area contributed by atoms with Crippen LogP contribution in [-0.2, 0) is 9.59 Å². The van der Waals surface area contributed by atoms with Crippen molar-refractivity contribution in [3.05, 3.63) is 0 Å². The predicted octanol–water partition coefficient (Wildman–Crippen LogP) is 1.41. The molecule has 6 atom stereocenters. The van der Waals surface area contributed by atoms with Crippen molar-refractivity contribution < 1.29 is 14.7 Å². The maximum Gasteiger partial charge on any atom is 0.141 e. The van der Waals surface area contributed by atoms with Crippen LogP contribution in [0.1, 0.15) is 45.4 Å². The van der Waals surface area contributed by atoms with E-state index in [0.29, 0.717) is 12.8 Å². The quantitative estimate of drug-likeness (QED) is 0.733. The number of fused-ring (bicyclic) bond motifs is 1. The van der Waals surface area contributed by atoms with Gasteiger partial charge in [-0.25, -0.2) is 0 Å². The molecule has 2 saturated carbocycles. The second-order valence-corrected chi connectivity index (χ2v) is 7.87. The Morgan fingerprint density at radius 1 is 1.10 bits per heavy atom. The van der Waals surface area contributed by atoms with Crippen molar-refractivity contribution >= 4 is 11.6 Å². The van der Waals surface area contributed by atoms with Gasteiger partial charge in [-0.3, -0.25) is 9.59 Å². The number of carbonyl (C=O) groups excluding carboxylic acids is 2. The Bertz CT molecular complexity index is 504. The van der Waals surface area contributed by atoms with Gasteiger partial charge in [0.05, 0.1) is 11.5 Å². The minimum atomic E-state index is -0.550. The number of carbonyl (C=O) groups is 2. The summed E-state index contributed by atoms with van der Waals surface area (Å²) in [7, 11) is 0. The van der Waals surface area contributed by atoms with Gasteiger partial charge in [0.2, 0.25) is 0 Å². The third kappa shape index (κ3) is 1.53. The van der Waals surface area contributed by atoms with Gasteiger partial charge >= 0.3 is 0 Å². The van der Waals surface area contributed by atoms with Crippen LogP contribution in [0.25, 0.3) is 0 Å². The van der Waals surface area contributed by atoms with E-state index < -0.39 is 16.9 Å². The van der Waals surface area contributed by atoms with Gasteiger partial charge in [0, 0.05) is 30.7 Å². The molecule has 0 aromatic carbocycles. The third-order valence-electron chi connectivity index (χ3n) is 7.04. The summed E-state index contributed by atoms with van der Waals surface area (Å²) in [6.07, 6.45) is 4.04. The van der Waals surface area contributed by atoms with Gasteiger partial charge in [0.1, 0.15) is 11.6 Å². The van der Waals surface area contributed by atoms with Gasteiger partial charge in [-0.2, -0.15) is 0 Å². The van der Waals surface area contributed by atoms with Gasteiger partial charge in [0.15, 0.2) is 0 Å². The van der Waals surface area contributed by atoms with Gasteiger partial charge in [-0.15, -0.1) is 0 Å². The lowest BCUT2D eigenvalue weighted by Crippen LogP contribution is -2.60. The molecule has 4 aliphatic rings. The van der Waals surface area contributed by atoms with Crippen molar-refractivity contribution in [2.45, 2.75) is 51.6 Å². The number of aliphatic hydroxyl groups is 1. The average molecular weight is 291 g/mol. The molecule has 2 saturated heterocycles. The Balaban J connectivity index is 1.88. The van der Waals surface area contributed by atoms with E-state index >= 15 is 0 Å². The lowest BCUT2D eigenvalue weighted by Gasteiger charge is -2.52. The van der Waals surface area contributed by atoms with Crippen LogP contribution < -0.4 is 0 Å². The second kappa shape index (κ2) is 4.39. The summed E-state index contributed by atoms with van der Waals surface area (Å²) in [6.45, 7) is 4.77. The van der Waals surface area contributed by atoms with E-state index in [1.54, 1.807) is 0 Å². The van der Waals surface area contributed by atoms with E-state index in [-0.39, 0.29) is 23.4 Å². The van der Waals surface area contributed by atoms with Crippen molar-refractivity contribution in [2.24, 2.45) is 22.7 Å². The molecule has 4 fully saturated rings. The lowest BCUT2D eigenvalue weighted by atomic mass is 9.51. The number of nitrogens with zero attached hydrogens (tertiary/aromatic N) is 1. The number of rotatable bonds is 0. The van der Waals surface area contributed by atoms with E-state index in [9.17, 15) is 14.7 Å². The first-order valence-electron chi connectivity index (χ1n) is 8.48. The lowest BCUT2D eigenvalue weighted by molar-refractivity contribution is -0.161. The minimum Gasteiger partial charge on any atom is -0.392 e. The van der Waals surface area contributed by atoms with Gasteiger partial charge < -0.3 is 10.0 Å². The number of ketones is 2. The first-order valence-corrected chi connectivity index (χ1v) is 8.48. The first-order chi connectivity index (χ1) is 10.0. The molecule has 6 unspecified atom stereocenters. The van der Waals surface area contributed by atoms with Crippen molar-refractivity contribution in [1.29, 1.82) is 0 Å². The van der Waals surface area contributed by atoms with Gasteiger partial charge in [0.25, 0.3) is 0 Å². The molecule has 0 aromatic heterocycles. The smallest absolute Gasteiger partial charge is 0.141 e. The summed E-state index contributed by atoms with van der Waals surface area (Å²) >= 11 is 0. The van der Waals surface area contributed by atoms with E-state index in [1.807, 2.05) is 6.92 Å². The number of aliphatic hydroxyl groups excluding tert-OH is 1. The van der Waals surface area contributed by atoms with Gasteiger partial charge in [-0.05, 0) is 44.7 Å². The van der Waals surface area contributed by atoms with Crippen LogP contribution in [0.4, 0.5) is 0 Å². The molecule has 2 bridgehead atoms. The molecule has 0 amide bonds. The van der Waals surface area contributed by atoms with Crippen LogP contribution in [-0.4, -0.2) is 47.3 Å². The topological polar surface area (TPSA) is 57.6 Å². The van der Waals surface area contributed by atoms with Crippen LogP contribution in [0, 0.1) is 22.7 Å². The monoisotopic (exact) mass is 291 g/mol. The summed E-state index contributed by atoms with van der Waals surface area (Å²) in [4.78, 5) is 28.4. The summed E-state index contributed by atoms with van der Waals surface area (Å²) in [5, 5.41) is 10.7. The standard InChI is InChI=1S/C17H25NO3/c1-11-8-14(20)17-5-3-7-18-6-2-4-16(17,10-18)13(19)9-12(17)15(11)21/h11-12,15,21H,2-10H2,1H3. The molecular formula is C17H25NO3. The van der Waals surface area contributed by atoms with Crippen molar-refractivity contribution in [1.82, 2.24) is 4.90 Å². The highest BCUT2D eigenvalue weighted by Gasteiger charge is 2.71. The van der Waals surface area contributed by atoms with Crippen molar-refractivity contribution in [2.75, 3.05) is 19.6 Å². The Kier molecular flexibility index (Phi) is 2.90. The minimum absolute atomic E-state index is 0.000906. The van der Waals surface area contributed by atoms with Gasteiger partial charge in [-0.1, -0.05) is 6.92 Å². The molecule has 0 radical (unpaired) electrons. The fourth-order valence-corrected chi connectivity index (χ4v) is 6.12. The normalized spacial score (nSPS) is 53.0. The fourth-order valence-electron chi connectivity index (χ4n) is 6.12. The van der Waals surface area contributed by atoms with E-state index in [4.69, 9.17) is 0 Å². The molecule has 2 aliphatic carbocycles. The highest BCUT2D eigenvalue weighted by atomic mass is 16.3. The SMILES string of the molecule is CC1CC(=O)C23CCCN4CCCC2(C4)C(=O)CC3C1O. The molecule has 0 aromatic rings. The largest absolute Gasteiger partial charge is 0.392 e. The maximum absolute atomic E-state index is 13.1. The maximum atomic E-state index is 13.1.